The van der Waals surface area contributed by atoms with Crippen molar-refractivity contribution in [2.45, 2.75) is 52.0 Å². The van der Waals surface area contributed by atoms with Crippen molar-refractivity contribution in [3.8, 4) is 17.3 Å². The Morgan fingerprint density at radius 3 is 2.61 bits per heavy atom. The highest BCUT2D eigenvalue weighted by molar-refractivity contribution is 5.83. The third kappa shape index (κ3) is 5.12. The van der Waals surface area contributed by atoms with Crippen molar-refractivity contribution in [1.29, 1.82) is 0 Å². The number of nitrogens with one attached hydrogen (secondary N) is 1. The molecule has 4 rings (SSSR count). The van der Waals surface area contributed by atoms with Crippen LogP contribution in [0.25, 0.3) is 11.4 Å². The maximum atomic E-state index is 14.5. The van der Waals surface area contributed by atoms with Crippen LogP contribution in [-0.2, 0) is 11.2 Å². The van der Waals surface area contributed by atoms with Gasteiger partial charge in [0.2, 0.25) is 11.8 Å². The molecule has 0 bridgehead atoms. The van der Waals surface area contributed by atoms with Gasteiger partial charge in [-0.25, -0.2) is 28.7 Å². The zero-order chi connectivity index (χ0) is 26.0. The van der Waals surface area contributed by atoms with Gasteiger partial charge in [0.25, 0.3) is 0 Å². The normalized spacial score (nSPS) is 17.6. The van der Waals surface area contributed by atoms with E-state index < -0.39 is 23.1 Å². The van der Waals surface area contributed by atoms with Gasteiger partial charge in [-0.3, -0.25) is 4.79 Å². The van der Waals surface area contributed by atoms with Crippen molar-refractivity contribution in [3.05, 3.63) is 59.2 Å². The lowest BCUT2D eigenvalue weighted by molar-refractivity contribution is -0.133. The van der Waals surface area contributed by atoms with Gasteiger partial charge < -0.3 is 15.0 Å². The highest BCUT2D eigenvalue weighted by Crippen LogP contribution is 2.34. The van der Waals surface area contributed by atoms with Gasteiger partial charge in [0.05, 0.1) is 42.9 Å². The molecule has 36 heavy (non-hydrogen) atoms. The van der Waals surface area contributed by atoms with Crippen LogP contribution in [-0.4, -0.2) is 56.5 Å². The highest BCUT2D eigenvalue weighted by Gasteiger charge is 2.35. The molecular weight excluding hydrogens is 466 g/mol. The van der Waals surface area contributed by atoms with Crippen LogP contribution >= 0.6 is 0 Å². The summed E-state index contributed by atoms with van der Waals surface area (Å²) < 4.78 is 32.8. The first-order chi connectivity index (χ1) is 17.1. The minimum Gasteiger partial charge on any atom is -0.481 e. The molecule has 8 nitrogen and oxygen atoms in total. The molecule has 4 heterocycles. The average Bonchev–Trinajstić information content (AvgIpc) is 2.87. The molecule has 0 saturated carbocycles. The number of ether oxygens (including phenoxy) is 1. The first-order valence-electron chi connectivity index (χ1n) is 11.9. The molecule has 3 aromatic heterocycles. The summed E-state index contributed by atoms with van der Waals surface area (Å²) in [5.74, 6) is -0.466. The summed E-state index contributed by atoms with van der Waals surface area (Å²) in [4.78, 5) is 31.9. The molecule has 10 heteroatoms. The SMILES string of the molecule is CCN(C[C@@]1(C)CCc2cc(-c3ncc(F)cn3)c(C)nc2N1)C(=O)[C@H](C)c1cc(OC)ncc1F. The molecule has 1 aliphatic rings. The quantitative estimate of drug-likeness (QED) is 0.521. The largest absolute Gasteiger partial charge is 0.481 e. The predicted octanol–water partition coefficient (Wildman–Crippen LogP) is 4.30. The van der Waals surface area contributed by atoms with Crippen LogP contribution in [0.3, 0.4) is 0 Å². The van der Waals surface area contributed by atoms with Gasteiger partial charge in [-0.05, 0) is 52.2 Å². The van der Waals surface area contributed by atoms with Crippen molar-refractivity contribution >= 4 is 11.7 Å². The van der Waals surface area contributed by atoms with Gasteiger partial charge in [-0.1, -0.05) is 0 Å². The molecule has 1 aliphatic heterocycles. The number of carbonyl (C=O) groups is 1. The van der Waals surface area contributed by atoms with E-state index in [4.69, 9.17) is 9.72 Å². The fourth-order valence-electron chi connectivity index (χ4n) is 4.55. The van der Waals surface area contributed by atoms with Crippen LogP contribution in [0.1, 0.15) is 49.9 Å². The molecule has 3 aromatic rings. The number of fused-ring (bicyclic) bond motifs is 1. The number of nitrogens with zero attached hydrogens (tertiary/aromatic N) is 5. The van der Waals surface area contributed by atoms with E-state index in [-0.39, 0.29) is 17.4 Å². The Hall–Kier alpha value is -3.69. The molecule has 0 aromatic carbocycles. The first kappa shape index (κ1) is 25.4. The zero-order valence-electron chi connectivity index (χ0n) is 21.1. The Bertz CT molecular complexity index is 1270. The number of hydrogen-bond acceptors (Lipinski definition) is 7. The monoisotopic (exact) mass is 496 g/mol. The summed E-state index contributed by atoms with van der Waals surface area (Å²) in [7, 11) is 1.45. The van der Waals surface area contributed by atoms with E-state index in [1.165, 1.54) is 13.2 Å². The van der Waals surface area contributed by atoms with Gasteiger partial charge in [0, 0.05) is 30.3 Å². The maximum absolute atomic E-state index is 14.5. The molecule has 0 radical (unpaired) electrons. The van der Waals surface area contributed by atoms with Crippen LogP contribution in [0.4, 0.5) is 14.6 Å². The van der Waals surface area contributed by atoms with Gasteiger partial charge in [-0.15, -0.1) is 0 Å². The van der Waals surface area contributed by atoms with Gasteiger partial charge in [0.15, 0.2) is 11.6 Å². The lowest BCUT2D eigenvalue weighted by atomic mass is 9.87. The fraction of sp³-hybridized carbons (Fsp3) is 0.423. The Kier molecular flexibility index (Phi) is 7.14. The molecule has 190 valence electrons. The number of aromatic nitrogens is 4. The third-order valence-corrected chi connectivity index (χ3v) is 6.66. The van der Waals surface area contributed by atoms with E-state index in [1.807, 2.05) is 19.9 Å². The lowest BCUT2D eigenvalue weighted by Gasteiger charge is -2.40. The molecule has 0 saturated heterocycles. The predicted molar refractivity (Wildman–Crippen MR) is 132 cm³/mol. The number of halogens is 2. The van der Waals surface area contributed by atoms with Gasteiger partial charge in [0.1, 0.15) is 11.6 Å². The minimum atomic E-state index is -0.694. The number of amides is 1. The number of methoxy groups -OCH3 is 1. The van der Waals surface area contributed by atoms with E-state index in [1.54, 1.807) is 11.8 Å². The van der Waals surface area contributed by atoms with E-state index >= 15 is 0 Å². The second kappa shape index (κ2) is 10.1. The van der Waals surface area contributed by atoms with Gasteiger partial charge in [-0.2, -0.15) is 0 Å². The van der Waals surface area contributed by atoms with E-state index in [9.17, 15) is 13.6 Å². The molecule has 1 amide bonds. The van der Waals surface area contributed by atoms with E-state index in [0.717, 1.165) is 54.1 Å². The Balaban J connectivity index is 1.53. The average molecular weight is 497 g/mol. The number of aryl methyl sites for hydroxylation is 2. The van der Waals surface area contributed by atoms with Crippen molar-refractivity contribution in [1.82, 2.24) is 24.8 Å². The van der Waals surface area contributed by atoms with Crippen molar-refractivity contribution in [2.75, 3.05) is 25.5 Å². The van der Waals surface area contributed by atoms with Crippen molar-refractivity contribution < 1.29 is 18.3 Å². The molecular formula is C26H30F2N6O2. The number of carbonyl (C=O) groups excluding carboxylic acids is 1. The number of rotatable bonds is 7. The molecule has 2 atom stereocenters. The summed E-state index contributed by atoms with van der Waals surface area (Å²) in [6.07, 6.45) is 4.85. The summed E-state index contributed by atoms with van der Waals surface area (Å²) in [6, 6.07) is 3.46. The van der Waals surface area contributed by atoms with Crippen LogP contribution in [0, 0.1) is 18.6 Å². The maximum Gasteiger partial charge on any atom is 0.230 e. The molecule has 1 N–H and O–H groups in total. The smallest absolute Gasteiger partial charge is 0.230 e. The lowest BCUT2D eigenvalue weighted by Crippen LogP contribution is -2.51. The summed E-state index contributed by atoms with van der Waals surface area (Å²) in [6.45, 7) is 8.42. The fourth-order valence-corrected chi connectivity index (χ4v) is 4.55. The highest BCUT2D eigenvalue weighted by atomic mass is 19.1. The number of pyridine rings is 2. The summed E-state index contributed by atoms with van der Waals surface area (Å²) in [5.41, 5.74) is 2.31. The van der Waals surface area contributed by atoms with Crippen LogP contribution in [0.2, 0.25) is 0 Å². The minimum absolute atomic E-state index is 0.175. The molecule has 0 spiro atoms. The Morgan fingerprint density at radius 2 is 1.94 bits per heavy atom. The van der Waals surface area contributed by atoms with Crippen LogP contribution < -0.4 is 10.1 Å². The summed E-state index contributed by atoms with van der Waals surface area (Å²) in [5, 5.41) is 3.52. The summed E-state index contributed by atoms with van der Waals surface area (Å²) >= 11 is 0. The first-order valence-corrected chi connectivity index (χ1v) is 11.9. The number of likely N-dealkylation sites (N-methyl/N-ethyl adjacent to an activating group) is 1. The molecule has 0 unspecified atom stereocenters. The Labute approximate surface area is 209 Å². The second-order valence-electron chi connectivity index (χ2n) is 9.36. The second-order valence-corrected chi connectivity index (χ2v) is 9.36. The van der Waals surface area contributed by atoms with E-state index in [2.05, 4.69) is 27.2 Å². The van der Waals surface area contributed by atoms with Crippen molar-refractivity contribution in [2.24, 2.45) is 0 Å². The molecule has 0 aliphatic carbocycles. The van der Waals surface area contributed by atoms with Crippen LogP contribution in [0.15, 0.2) is 30.7 Å². The van der Waals surface area contributed by atoms with Crippen molar-refractivity contribution in [3.63, 3.8) is 0 Å². The topological polar surface area (TPSA) is 93.1 Å². The zero-order valence-corrected chi connectivity index (χ0v) is 21.1. The number of hydrogen-bond donors (Lipinski definition) is 1. The molecule has 0 fully saturated rings. The van der Waals surface area contributed by atoms with Gasteiger partial charge >= 0.3 is 0 Å². The number of anilines is 1. The Morgan fingerprint density at radius 1 is 1.22 bits per heavy atom. The standard InChI is InChI=1S/C26H30F2N6O2/c1-6-34(25(35)15(2)19-10-22(36-5)29-13-21(19)28)14-26(4)8-7-17-9-20(16(3)32-23(17)33-26)24-30-11-18(27)12-31-24/h9-13,15H,6-8,14H2,1-5H3,(H,32,33)/t15-,26-/m1/s1. The van der Waals surface area contributed by atoms with E-state index in [0.29, 0.717) is 18.9 Å². The van der Waals surface area contributed by atoms with Crippen LogP contribution in [0.5, 0.6) is 5.88 Å². The third-order valence-electron chi connectivity index (χ3n) is 6.66.